The van der Waals surface area contributed by atoms with Gasteiger partial charge in [0.25, 0.3) is 0 Å². The molecule has 0 bridgehead atoms. The molecule has 0 aliphatic carbocycles. The zero-order chi connectivity index (χ0) is 29.0. The average Bonchev–Trinajstić information content (AvgIpc) is 3.10. The molecule has 0 amide bonds. The summed E-state index contributed by atoms with van der Waals surface area (Å²) in [5, 5.41) is 14.0. The van der Waals surface area contributed by atoms with E-state index in [9.17, 15) is 5.11 Å². The van der Waals surface area contributed by atoms with Crippen LogP contribution in [-0.4, -0.2) is 9.97 Å². The quantitative estimate of drug-likeness (QED) is 0.195. The van der Waals surface area contributed by atoms with Crippen LogP contribution in [0.5, 0.6) is 5.75 Å². The monoisotopic (exact) mass is 553 g/mol. The van der Waals surface area contributed by atoms with E-state index in [1.54, 1.807) is 12.4 Å². The second kappa shape index (κ2) is 11.6. The summed E-state index contributed by atoms with van der Waals surface area (Å²) in [5.41, 5.74) is 9.48. The molecule has 0 saturated carbocycles. The first-order valence-corrected chi connectivity index (χ1v) is 14.2. The van der Waals surface area contributed by atoms with Crippen molar-refractivity contribution < 1.29 is 9.67 Å². The van der Waals surface area contributed by atoms with Gasteiger partial charge in [0.05, 0.1) is 11.4 Å². The molecule has 0 unspecified atom stereocenters. The van der Waals surface area contributed by atoms with E-state index in [0.717, 1.165) is 39.3 Å². The van der Waals surface area contributed by atoms with Gasteiger partial charge in [-0.2, -0.15) is 4.57 Å². The molecule has 0 spiro atoms. The van der Waals surface area contributed by atoms with Crippen molar-refractivity contribution in [3.05, 3.63) is 164 Å². The largest absolute Gasteiger partial charge is 0.872 e. The number of pyridine rings is 3. The Balaban J connectivity index is 1.60. The van der Waals surface area contributed by atoms with Gasteiger partial charge in [-0.15, -0.1) is 0 Å². The van der Waals surface area contributed by atoms with Gasteiger partial charge in [0, 0.05) is 47.8 Å². The van der Waals surface area contributed by atoms with Crippen LogP contribution in [0.1, 0.15) is 0 Å². The van der Waals surface area contributed by atoms with Gasteiger partial charge in [-0.05, 0) is 70.8 Å². The van der Waals surface area contributed by atoms with Crippen LogP contribution in [-0.2, 0) is 0 Å². The van der Waals surface area contributed by atoms with Crippen LogP contribution in [0.2, 0.25) is 0 Å². The van der Waals surface area contributed by atoms with Gasteiger partial charge in [0.1, 0.15) is 0 Å². The Bertz CT molecular complexity index is 1870. The number of aromatic nitrogens is 3. The van der Waals surface area contributed by atoms with Crippen molar-refractivity contribution in [1.82, 2.24) is 9.97 Å². The van der Waals surface area contributed by atoms with E-state index in [1.807, 2.05) is 66.7 Å². The minimum atomic E-state index is -0.106. The Hall–Kier alpha value is -5.87. The van der Waals surface area contributed by atoms with Gasteiger partial charge < -0.3 is 5.11 Å². The minimum absolute atomic E-state index is 0.106. The number of nitrogens with zero attached hydrogens (tertiary/aromatic N) is 3. The predicted octanol–water partition coefficient (Wildman–Crippen LogP) is 8.16. The first-order valence-electron chi connectivity index (χ1n) is 14.2. The molecule has 7 rings (SSSR count). The standard InChI is InChI=1S/C39H27N3O/c43-39-33(35-20-10-12-22-40-35)26-32(27-34(39)36-21-11-13-23-41-36)42-37(29-16-6-2-7-17-29)24-31(28-14-4-1-5-15-28)25-38(42)30-18-8-3-9-19-30/h1-27H. The van der Waals surface area contributed by atoms with Crippen LogP contribution in [0.3, 0.4) is 0 Å². The zero-order valence-corrected chi connectivity index (χ0v) is 23.3. The lowest BCUT2D eigenvalue weighted by Crippen LogP contribution is -2.36. The number of hydrogen-bond acceptors (Lipinski definition) is 3. The third-order valence-electron chi connectivity index (χ3n) is 7.53. The van der Waals surface area contributed by atoms with E-state index in [1.165, 1.54) is 0 Å². The Labute approximate surface area is 250 Å². The second-order valence-corrected chi connectivity index (χ2v) is 10.2. The van der Waals surface area contributed by atoms with Gasteiger partial charge >= 0.3 is 0 Å². The van der Waals surface area contributed by atoms with E-state index < -0.39 is 0 Å². The summed E-state index contributed by atoms with van der Waals surface area (Å²) in [6.07, 6.45) is 3.43. The van der Waals surface area contributed by atoms with Crippen molar-refractivity contribution in [3.63, 3.8) is 0 Å². The van der Waals surface area contributed by atoms with Gasteiger partial charge in [0.15, 0.2) is 0 Å². The molecule has 4 nitrogen and oxygen atoms in total. The molecule has 4 aromatic carbocycles. The fraction of sp³-hybridized carbons (Fsp3) is 0. The molecule has 3 aromatic heterocycles. The van der Waals surface area contributed by atoms with E-state index in [-0.39, 0.29) is 5.75 Å². The summed E-state index contributed by atoms with van der Waals surface area (Å²) in [6.45, 7) is 0. The molecule has 43 heavy (non-hydrogen) atoms. The molecule has 204 valence electrons. The maximum Gasteiger partial charge on any atom is 0.219 e. The lowest BCUT2D eigenvalue weighted by Gasteiger charge is -2.20. The smallest absolute Gasteiger partial charge is 0.219 e. The topological polar surface area (TPSA) is 52.7 Å². The number of benzene rings is 4. The molecule has 0 aliphatic heterocycles. The normalized spacial score (nSPS) is 10.9. The van der Waals surface area contributed by atoms with E-state index in [4.69, 9.17) is 0 Å². The number of hydrogen-bond donors (Lipinski definition) is 0. The van der Waals surface area contributed by atoms with Crippen LogP contribution < -0.4 is 9.67 Å². The third-order valence-corrected chi connectivity index (χ3v) is 7.53. The molecule has 0 fully saturated rings. The molecule has 0 aliphatic rings. The summed E-state index contributed by atoms with van der Waals surface area (Å²) in [4.78, 5) is 9.13. The van der Waals surface area contributed by atoms with E-state index in [2.05, 4.69) is 99.5 Å². The highest BCUT2D eigenvalue weighted by Gasteiger charge is 2.26. The van der Waals surface area contributed by atoms with Gasteiger partial charge in [-0.25, -0.2) is 0 Å². The SMILES string of the molecule is [O-]c1c(-c2ccccn2)cc(-[n+]2c(-c3ccccc3)cc(-c3ccccc3)cc2-c2ccccc2)cc1-c1ccccn1. The molecule has 0 radical (unpaired) electrons. The maximum absolute atomic E-state index is 14.0. The Morgan fingerprint density at radius 1 is 0.419 bits per heavy atom. The third kappa shape index (κ3) is 5.18. The Morgan fingerprint density at radius 2 is 0.837 bits per heavy atom. The van der Waals surface area contributed by atoms with Crippen LogP contribution in [0.25, 0.3) is 61.8 Å². The second-order valence-electron chi connectivity index (χ2n) is 10.2. The van der Waals surface area contributed by atoms with Crippen molar-refractivity contribution in [3.8, 4) is 67.6 Å². The molecule has 0 N–H and O–H groups in total. The zero-order valence-electron chi connectivity index (χ0n) is 23.3. The summed E-state index contributed by atoms with van der Waals surface area (Å²) < 4.78 is 2.25. The van der Waals surface area contributed by atoms with Crippen molar-refractivity contribution in [2.75, 3.05) is 0 Å². The highest BCUT2D eigenvalue weighted by atomic mass is 16.3. The van der Waals surface area contributed by atoms with Crippen molar-refractivity contribution in [2.45, 2.75) is 0 Å². The van der Waals surface area contributed by atoms with Gasteiger partial charge in [-0.3, -0.25) is 9.97 Å². The van der Waals surface area contributed by atoms with Crippen LogP contribution >= 0.6 is 0 Å². The average molecular weight is 554 g/mol. The fourth-order valence-corrected chi connectivity index (χ4v) is 5.48. The van der Waals surface area contributed by atoms with Gasteiger partial charge in [-0.1, -0.05) is 84.6 Å². The van der Waals surface area contributed by atoms with Crippen LogP contribution in [0.4, 0.5) is 0 Å². The fourth-order valence-electron chi connectivity index (χ4n) is 5.48. The first kappa shape index (κ1) is 26.1. The molecular weight excluding hydrogens is 526 g/mol. The van der Waals surface area contributed by atoms with Gasteiger partial charge in [0.2, 0.25) is 17.1 Å². The van der Waals surface area contributed by atoms with Crippen molar-refractivity contribution >= 4 is 0 Å². The van der Waals surface area contributed by atoms with Crippen molar-refractivity contribution in [1.29, 1.82) is 0 Å². The van der Waals surface area contributed by atoms with Crippen LogP contribution in [0.15, 0.2) is 164 Å². The molecule has 0 atom stereocenters. The Morgan fingerprint density at radius 3 is 1.26 bits per heavy atom. The summed E-state index contributed by atoms with van der Waals surface area (Å²) in [7, 11) is 0. The molecule has 7 aromatic rings. The predicted molar refractivity (Wildman–Crippen MR) is 170 cm³/mol. The molecular formula is C39H27N3O. The van der Waals surface area contributed by atoms with E-state index in [0.29, 0.717) is 22.5 Å². The Kier molecular flexibility index (Phi) is 7.00. The van der Waals surface area contributed by atoms with E-state index >= 15 is 0 Å². The molecule has 3 heterocycles. The summed E-state index contributed by atoms with van der Waals surface area (Å²) >= 11 is 0. The molecule has 0 saturated heterocycles. The highest BCUT2D eigenvalue weighted by Crippen LogP contribution is 2.38. The minimum Gasteiger partial charge on any atom is -0.872 e. The maximum atomic E-state index is 14.0. The van der Waals surface area contributed by atoms with Crippen molar-refractivity contribution in [2.24, 2.45) is 0 Å². The lowest BCUT2D eigenvalue weighted by molar-refractivity contribution is -0.572. The van der Waals surface area contributed by atoms with Crippen LogP contribution in [0, 0.1) is 0 Å². The highest BCUT2D eigenvalue weighted by molar-refractivity contribution is 5.81. The lowest BCUT2D eigenvalue weighted by atomic mass is 9.97. The summed E-state index contributed by atoms with van der Waals surface area (Å²) in [5.74, 6) is -0.106. The summed E-state index contributed by atoms with van der Waals surface area (Å²) in [6, 6.07) is 50.8. The number of rotatable bonds is 6. The first-order chi connectivity index (χ1) is 21.3. The molecule has 4 heteroatoms.